The summed E-state index contributed by atoms with van der Waals surface area (Å²) in [4.78, 5) is 24.5. The van der Waals surface area contributed by atoms with Gasteiger partial charge in [0.2, 0.25) is 0 Å². The molecule has 6 atom stereocenters. The van der Waals surface area contributed by atoms with Crippen LogP contribution in [-0.2, 0) is 14.3 Å². The Morgan fingerprint density at radius 1 is 1.12 bits per heavy atom. The SMILES string of the molecule is CC(C)(OC(=O)C1CCC2C3C=CC4(C3)CC1C24)C1CCC(=O)CC1. The molecule has 0 amide bonds. The smallest absolute Gasteiger partial charge is 0.309 e. The number of hydrogen-bond donors (Lipinski definition) is 0. The van der Waals surface area contributed by atoms with Crippen molar-refractivity contribution in [1.82, 2.24) is 0 Å². The number of rotatable bonds is 3. The highest BCUT2D eigenvalue weighted by molar-refractivity contribution is 5.79. The standard InChI is InChI=1S/C22H30O3/c1-21(2,14-3-5-15(23)6-4-14)25-20(24)17-8-7-16-13-9-10-22(11-13)12-18(17)19(16)22/h9-10,13-14,16-19H,3-8,11-12H2,1-2H3. The third-order valence-corrected chi connectivity index (χ3v) is 8.56. The maximum absolute atomic E-state index is 13.0. The molecule has 3 heteroatoms. The van der Waals surface area contributed by atoms with Gasteiger partial charge in [-0.1, -0.05) is 12.2 Å². The molecule has 0 saturated heterocycles. The Kier molecular flexibility index (Phi) is 3.35. The zero-order valence-corrected chi connectivity index (χ0v) is 15.5. The van der Waals surface area contributed by atoms with Crippen molar-refractivity contribution in [2.24, 2.45) is 40.9 Å². The zero-order valence-electron chi connectivity index (χ0n) is 15.5. The van der Waals surface area contributed by atoms with Crippen molar-refractivity contribution in [3.8, 4) is 0 Å². The quantitative estimate of drug-likeness (QED) is 0.567. The Balaban J connectivity index is 1.26. The lowest BCUT2D eigenvalue weighted by molar-refractivity contribution is -0.181. The normalized spacial score (nSPS) is 45.2. The molecule has 3 nitrogen and oxygen atoms in total. The molecular weight excluding hydrogens is 312 g/mol. The first-order chi connectivity index (χ1) is 11.9. The minimum atomic E-state index is -0.440. The number of carbonyl (C=O) groups is 2. The van der Waals surface area contributed by atoms with E-state index in [1.807, 2.05) is 0 Å². The molecule has 0 aromatic carbocycles. The molecule has 6 unspecified atom stereocenters. The maximum Gasteiger partial charge on any atom is 0.309 e. The highest BCUT2D eigenvalue weighted by Gasteiger charge is 2.68. The molecule has 5 rings (SSSR count). The molecule has 4 saturated carbocycles. The number of ether oxygens (including phenoxy) is 1. The number of carbonyl (C=O) groups excluding carboxylic acids is 2. The van der Waals surface area contributed by atoms with Crippen LogP contribution in [-0.4, -0.2) is 17.4 Å². The van der Waals surface area contributed by atoms with Crippen molar-refractivity contribution >= 4 is 11.8 Å². The van der Waals surface area contributed by atoms with E-state index in [-0.39, 0.29) is 11.9 Å². The van der Waals surface area contributed by atoms with E-state index in [1.165, 1.54) is 19.3 Å². The Hall–Kier alpha value is -1.12. The van der Waals surface area contributed by atoms with Crippen molar-refractivity contribution < 1.29 is 14.3 Å². The van der Waals surface area contributed by atoms with E-state index in [2.05, 4.69) is 26.0 Å². The maximum atomic E-state index is 13.0. The second kappa shape index (κ2) is 5.20. The highest BCUT2D eigenvalue weighted by Crippen LogP contribution is 2.73. The van der Waals surface area contributed by atoms with Gasteiger partial charge in [0, 0.05) is 12.8 Å². The topological polar surface area (TPSA) is 43.4 Å². The number of Topliss-reactive ketones (excluding diaryl/α,β-unsaturated/α-hetero) is 1. The Bertz CT molecular complexity index is 638. The Morgan fingerprint density at radius 3 is 2.64 bits per heavy atom. The molecule has 2 bridgehead atoms. The van der Waals surface area contributed by atoms with Gasteiger partial charge in [0.1, 0.15) is 11.4 Å². The van der Waals surface area contributed by atoms with Crippen LogP contribution >= 0.6 is 0 Å². The van der Waals surface area contributed by atoms with Crippen LogP contribution in [0.4, 0.5) is 0 Å². The Morgan fingerprint density at radius 2 is 1.88 bits per heavy atom. The van der Waals surface area contributed by atoms with Crippen LogP contribution in [0.1, 0.15) is 65.2 Å². The molecule has 0 aliphatic heterocycles. The van der Waals surface area contributed by atoms with Gasteiger partial charge < -0.3 is 4.74 Å². The molecule has 0 heterocycles. The van der Waals surface area contributed by atoms with Gasteiger partial charge in [-0.2, -0.15) is 0 Å². The molecule has 4 fully saturated rings. The predicted molar refractivity (Wildman–Crippen MR) is 94.6 cm³/mol. The number of fused-ring (bicyclic) bond motifs is 2. The second-order valence-corrected chi connectivity index (χ2v) is 10.0. The van der Waals surface area contributed by atoms with Crippen LogP contribution in [0.3, 0.4) is 0 Å². The summed E-state index contributed by atoms with van der Waals surface area (Å²) in [5.74, 6) is 3.79. The largest absolute Gasteiger partial charge is 0.459 e. The summed E-state index contributed by atoms with van der Waals surface area (Å²) in [5, 5.41) is 0. The third kappa shape index (κ3) is 2.23. The predicted octanol–water partition coefficient (Wildman–Crippen LogP) is 4.31. The fourth-order valence-electron chi connectivity index (χ4n) is 7.28. The summed E-state index contributed by atoms with van der Waals surface area (Å²) in [6.07, 6.45) is 12.8. The molecule has 0 aromatic rings. The number of hydrogen-bond acceptors (Lipinski definition) is 3. The van der Waals surface area contributed by atoms with E-state index in [0.717, 1.165) is 37.0 Å². The van der Waals surface area contributed by atoms with Gasteiger partial charge in [-0.05, 0) is 87.4 Å². The van der Waals surface area contributed by atoms with Gasteiger partial charge in [-0.15, -0.1) is 0 Å². The molecule has 0 aromatic heterocycles. The molecule has 5 aliphatic rings. The van der Waals surface area contributed by atoms with Crippen molar-refractivity contribution in [2.75, 3.05) is 0 Å². The van der Waals surface area contributed by atoms with E-state index in [1.54, 1.807) is 0 Å². The molecule has 0 N–H and O–H groups in total. The number of esters is 1. The van der Waals surface area contributed by atoms with E-state index in [4.69, 9.17) is 4.74 Å². The van der Waals surface area contributed by atoms with Crippen LogP contribution in [0.2, 0.25) is 0 Å². The van der Waals surface area contributed by atoms with E-state index in [9.17, 15) is 9.59 Å². The average molecular weight is 342 g/mol. The van der Waals surface area contributed by atoms with Crippen LogP contribution in [0, 0.1) is 40.9 Å². The molecule has 25 heavy (non-hydrogen) atoms. The lowest BCUT2D eigenvalue weighted by atomic mass is 9.46. The van der Waals surface area contributed by atoms with Crippen molar-refractivity contribution in [3.63, 3.8) is 0 Å². The van der Waals surface area contributed by atoms with Gasteiger partial charge in [0.15, 0.2) is 0 Å². The summed E-state index contributed by atoms with van der Waals surface area (Å²) < 4.78 is 6.11. The van der Waals surface area contributed by atoms with E-state index >= 15 is 0 Å². The first kappa shape index (κ1) is 16.1. The van der Waals surface area contributed by atoms with Crippen molar-refractivity contribution in [2.45, 2.75) is 70.8 Å². The van der Waals surface area contributed by atoms with Gasteiger partial charge in [0.25, 0.3) is 0 Å². The van der Waals surface area contributed by atoms with Crippen molar-refractivity contribution in [3.05, 3.63) is 12.2 Å². The van der Waals surface area contributed by atoms with Crippen LogP contribution in [0.25, 0.3) is 0 Å². The first-order valence-electron chi connectivity index (χ1n) is 10.3. The molecule has 1 spiro atoms. The summed E-state index contributed by atoms with van der Waals surface area (Å²) in [6, 6.07) is 0. The van der Waals surface area contributed by atoms with E-state index < -0.39 is 5.60 Å². The molecule has 0 radical (unpaired) electrons. The zero-order chi connectivity index (χ0) is 17.4. The first-order valence-corrected chi connectivity index (χ1v) is 10.3. The highest BCUT2D eigenvalue weighted by atomic mass is 16.6. The lowest BCUT2D eigenvalue weighted by Gasteiger charge is -2.58. The van der Waals surface area contributed by atoms with Crippen LogP contribution < -0.4 is 0 Å². The molecule has 136 valence electrons. The second-order valence-electron chi connectivity index (χ2n) is 10.0. The van der Waals surface area contributed by atoms with E-state index in [0.29, 0.717) is 35.9 Å². The number of allylic oxidation sites excluding steroid dienone is 2. The lowest BCUT2D eigenvalue weighted by Crippen LogP contribution is -2.54. The van der Waals surface area contributed by atoms with Crippen LogP contribution in [0.15, 0.2) is 12.2 Å². The van der Waals surface area contributed by atoms with Gasteiger partial charge in [-0.25, -0.2) is 0 Å². The average Bonchev–Trinajstić information content (AvgIpc) is 3.11. The summed E-state index contributed by atoms with van der Waals surface area (Å²) in [6.45, 7) is 4.11. The fraction of sp³-hybridized carbons (Fsp3) is 0.818. The summed E-state index contributed by atoms with van der Waals surface area (Å²) in [7, 11) is 0. The molecule has 5 aliphatic carbocycles. The van der Waals surface area contributed by atoms with Crippen LogP contribution in [0.5, 0.6) is 0 Å². The summed E-state index contributed by atoms with van der Waals surface area (Å²) in [5.41, 5.74) is 0.0167. The minimum absolute atomic E-state index is 0.0481. The molecular formula is C22H30O3. The third-order valence-electron chi connectivity index (χ3n) is 8.56. The van der Waals surface area contributed by atoms with Gasteiger partial charge in [-0.3, -0.25) is 9.59 Å². The fourth-order valence-corrected chi connectivity index (χ4v) is 7.28. The van der Waals surface area contributed by atoms with Gasteiger partial charge >= 0.3 is 5.97 Å². The summed E-state index contributed by atoms with van der Waals surface area (Å²) >= 11 is 0. The minimum Gasteiger partial charge on any atom is -0.459 e. The van der Waals surface area contributed by atoms with Crippen molar-refractivity contribution in [1.29, 1.82) is 0 Å². The number of ketones is 1. The van der Waals surface area contributed by atoms with Gasteiger partial charge in [0.05, 0.1) is 5.92 Å². The monoisotopic (exact) mass is 342 g/mol. The Labute approximate surface area is 150 Å².